The number of hydrogen-bond acceptors (Lipinski definition) is 9. The first-order valence-corrected chi connectivity index (χ1v) is 23.3. The number of phosphoric ester groups is 1. The Hall–Kier alpha value is -1.55. The minimum atomic E-state index is -4.61. The van der Waals surface area contributed by atoms with Crippen LogP contribution in [0, 0.1) is 0 Å². The summed E-state index contributed by atoms with van der Waals surface area (Å²) in [6.45, 7) is 2.36. The first-order valence-electron chi connectivity index (χ1n) is 21.8. The molecule has 0 aromatic carbocycles. The Bertz CT molecular complexity index is 957. The lowest BCUT2D eigenvalue weighted by molar-refractivity contribution is -0.161. The molecular formula is C43H81O10P. The smallest absolute Gasteiger partial charge is 0.462 e. The molecule has 0 heterocycles. The molecule has 1 unspecified atom stereocenters. The van der Waals surface area contributed by atoms with Crippen LogP contribution in [0.5, 0.6) is 0 Å². The van der Waals surface area contributed by atoms with Crippen molar-refractivity contribution in [3.63, 3.8) is 0 Å². The largest absolute Gasteiger partial charge is 0.472 e. The molecular weight excluding hydrogens is 707 g/mol. The maximum atomic E-state index is 12.6. The maximum Gasteiger partial charge on any atom is 0.472 e. The van der Waals surface area contributed by atoms with E-state index in [-0.39, 0.29) is 19.4 Å². The number of aliphatic hydroxyl groups is 2. The summed E-state index contributed by atoms with van der Waals surface area (Å²) < 4.78 is 32.7. The summed E-state index contributed by atoms with van der Waals surface area (Å²) in [6.07, 6.45) is 38.5. The molecule has 0 aromatic rings. The van der Waals surface area contributed by atoms with Crippen LogP contribution >= 0.6 is 7.82 Å². The Morgan fingerprint density at radius 1 is 0.556 bits per heavy atom. The van der Waals surface area contributed by atoms with Gasteiger partial charge in [-0.3, -0.25) is 18.6 Å². The molecule has 0 radical (unpaired) electrons. The molecule has 0 bridgehead atoms. The minimum Gasteiger partial charge on any atom is -0.462 e. The van der Waals surface area contributed by atoms with Crippen LogP contribution in [0.1, 0.15) is 200 Å². The first kappa shape index (κ1) is 52.5. The number of phosphoric acid groups is 1. The number of unbranched alkanes of at least 4 members (excludes halogenated alkanes) is 23. The lowest BCUT2D eigenvalue weighted by Gasteiger charge is -2.20. The Kier molecular flexibility index (Phi) is 38.5. The van der Waals surface area contributed by atoms with E-state index in [2.05, 4.69) is 42.7 Å². The van der Waals surface area contributed by atoms with Gasteiger partial charge in [-0.2, -0.15) is 0 Å². The summed E-state index contributed by atoms with van der Waals surface area (Å²) in [6, 6.07) is 0. The van der Waals surface area contributed by atoms with Gasteiger partial charge in [-0.1, -0.05) is 167 Å². The van der Waals surface area contributed by atoms with E-state index in [4.69, 9.17) is 19.1 Å². The van der Waals surface area contributed by atoms with Crippen LogP contribution in [-0.4, -0.2) is 65.7 Å². The van der Waals surface area contributed by atoms with Crippen molar-refractivity contribution in [1.29, 1.82) is 0 Å². The highest BCUT2D eigenvalue weighted by Gasteiger charge is 2.27. The number of carbonyl (C=O) groups excluding carboxylic acids is 2. The van der Waals surface area contributed by atoms with Crippen LogP contribution in [0.25, 0.3) is 0 Å². The van der Waals surface area contributed by atoms with Crippen molar-refractivity contribution in [3.8, 4) is 0 Å². The zero-order valence-corrected chi connectivity index (χ0v) is 35.3. The van der Waals surface area contributed by atoms with Crippen LogP contribution in [0.15, 0.2) is 24.3 Å². The Morgan fingerprint density at radius 2 is 0.963 bits per heavy atom. The van der Waals surface area contributed by atoms with Gasteiger partial charge in [-0.15, -0.1) is 0 Å². The predicted octanol–water partition coefficient (Wildman–Crippen LogP) is 11.4. The molecule has 0 aliphatic rings. The molecule has 0 amide bonds. The summed E-state index contributed by atoms with van der Waals surface area (Å²) in [5, 5.41) is 18.3. The third-order valence-corrected chi connectivity index (χ3v) is 10.3. The highest BCUT2D eigenvalue weighted by Crippen LogP contribution is 2.43. The normalized spacial score (nSPS) is 14.1. The lowest BCUT2D eigenvalue weighted by Crippen LogP contribution is -2.29. The van der Waals surface area contributed by atoms with Crippen molar-refractivity contribution in [2.45, 2.75) is 212 Å². The van der Waals surface area contributed by atoms with Crippen molar-refractivity contribution in [3.05, 3.63) is 24.3 Å². The highest BCUT2D eigenvalue weighted by atomic mass is 31.2. The second-order valence-corrected chi connectivity index (χ2v) is 16.2. The van der Waals surface area contributed by atoms with E-state index in [1.807, 2.05) is 0 Å². The molecule has 0 aliphatic carbocycles. The molecule has 0 saturated heterocycles. The fourth-order valence-electron chi connectivity index (χ4n) is 5.96. The van der Waals surface area contributed by atoms with E-state index in [0.717, 1.165) is 51.4 Å². The van der Waals surface area contributed by atoms with Crippen molar-refractivity contribution >= 4 is 19.8 Å². The van der Waals surface area contributed by atoms with Gasteiger partial charge < -0.3 is 24.6 Å². The molecule has 0 fully saturated rings. The number of ether oxygens (including phenoxy) is 2. The van der Waals surface area contributed by atoms with E-state index < -0.39 is 51.8 Å². The van der Waals surface area contributed by atoms with Crippen molar-refractivity contribution in [2.75, 3.05) is 26.4 Å². The van der Waals surface area contributed by atoms with Gasteiger partial charge in [0.2, 0.25) is 0 Å². The highest BCUT2D eigenvalue weighted by molar-refractivity contribution is 7.47. The molecule has 3 N–H and O–H groups in total. The molecule has 0 saturated carbocycles. The zero-order valence-electron chi connectivity index (χ0n) is 34.4. The number of hydrogen-bond donors (Lipinski definition) is 3. The number of rotatable bonds is 41. The topological polar surface area (TPSA) is 149 Å². The van der Waals surface area contributed by atoms with Crippen LogP contribution in [-0.2, 0) is 32.7 Å². The van der Waals surface area contributed by atoms with E-state index in [1.165, 1.54) is 109 Å². The molecule has 3 atom stereocenters. The fraction of sp³-hybridized carbons (Fsp3) is 0.860. The third-order valence-electron chi connectivity index (χ3n) is 9.36. The van der Waals surface area contributed by atoms with Gasteiger partial charge in [0.25, 0.3) is 0 Å². The van der Waals surface area contributed by atoms with E-state index >= 15 is 0 Å². The number of allylic oxidation sites excluding steroid dienone is 4. The number of esters is 2. The van der Waals surface area contributed by atoms with E-state index in [0.29, 0.717) is 12.8 Å². The average Bonchev–Trinajstić information content (AvgIpc) is 3.16. The molecule has 11 heteroatoms. The van der Waals surface area contributed by atoms with Crippen LogP contribution in [0.3, 0.4) is 0 Å². The monoisotopic (exact) mass is 789 g/mol. The Balaban J connectivity index is 4.26. The van der Waals surface area contributed by atoms with E-state index in [9.17, 15) is 24.2 Å². The van der Waals surface area contributed by atoms with Crippen LogP contribution in [0.2, 0.25) is 0 Å². The first-order chi connectivity index (χ1) is 26.2. The van der Waals surface area contributed by atoms with Gasteiger partial charge >= 0.3 is 19.8 Å². The second kappa shape index (κ2) is 39.7. The molecule has 0 aromatic heterocycles. The van der Waals surface area contributed by atoms with Gasteiger partial charge in [-0.25, -0.2) is 4.57 Å². The molecule has 54 heavy (non-hydrogen) atoms. The molecule has 0 spiro atoms. The molecule has 318 valence electrons. The zero-order chi connectivity index (χ0) is 39.8. The predicted molar refractivity (Wildman–Crippen MR) is 219 cm³/mol. The third kappa shape index (κ3) is 38.7. The SMILES string of the molecule is CCCCC/C=C\C/C=C\CCCCCCCCCCCC(=O)O[C@H](COC(=O)CCCCCCCCCCCCCC)COP(=O)(O)OC[C@@H](O)CO. The molecule has 0 rings (SSSR count). The van der Waals surface area contributed by atoms with Gasteiger partial charge in [0.1, 0.15) is 12.7 Å². The summed E-state index contributed by atoms with van der Waals surface area (Å²) in [5.41, 5.74) is 0. The maximum absolute atomic E-state index is 12.6. The summed E-state index contributed by atoms with van der Waals surface area (Å²) in [4.78, 5) is 34.9. The second-order valence-electron chi connectivity index (χ2n) is 14.7. The van der Waals surface area contributed by atoms with Crippen molar-refractivity contribution in [2.24, 2.45) is 0 Å². The van der Waals surface area contributed by atoms with E-state index in [1.54, 1.807) is 0 Å². The van der Waals surface area contributed by atoms with Crippen LogP contribution in [0.4, 0.5) is 0 Å². The number of carbonyl (C=O) groups is 2. The number of aliphatic hydroxyl groups excluding tert-OH is 2. The average molecular weight is 789 g/mol. The summed E-state index contributed by atoms with van der Waals surface area (Å²) in [5.74, 6) is -0.923. The quantitative estimate of drug-likeness (QED) is 0.0236. The standard InChI is InChI=1S/C43H81O10P/c1-3-5-7-9-11-13-15-17-18-19-20-21-22-23-25-27-29-31-33-35-43(47)53-41(39-52-54(48,49)51-37-40(45)36-44)38-50-42(46)34-32-30-28-26-24-16-14-12-10-8-6-4-2/h11,13,17-18,40-41,44-45H,3-10,12,14-16,19-39H2,1-2H3,(H,48,49)/b13-11-,18-17-/t40-,41+/m0/s1. The lowest BCUT2D eigenvalue weighted by atomic mass is 10.0. The Morgan fingerprint density at radius 3 is 1.46 bits per heavy atom. The molecule has 0 aliphatic heterocycles. The summed E-state index contributed by atoms with van der Waals surface area (Å²) >= 11 is 0. The minimum absolute atomic E-state index is 0.182. The van der Waals surface area contributed by atoms with Gasteiger partial charge in [0.05, 0.1) is 19.8 Å². The van der Waals surface area contributed by atoms with Crippen LogP contribution < -0.4 is 0 Å². The van der Waals surface area contributed by atoms with Crippen molar-refractivity contribution < 1.29 is 47.8 Å². The Labute approximate surface area is 329 Å². The fourth-order valence-corrected chi connectivity index (χ4v) is 6.75. The van der Waals surface area contributed by atoms with Gasteiger partial charge in [0.15, 0.2) is 6.10 Å². The van der Waals surface area contributed by atoms with Crippen molar-refractivity contribution in [1.82, 2.24) is 0 Å². The van der Waals surface area contributed by atoms with Gasteiger partial charge in [-0.05, 0) is 44.9 Å². The van der Waals surface area contributed by atoms with Gasteiger partial charge in [0, 0.05) is 12.8 Å². The summed E-state index contributed by atoms with van der Waals surface area (Å²) in [7, 11) is -4.61. The molecule has 10 nitrogen and oxygen atoms in total.